The highest BCUT2D eigenvalue weighted by molar-refractivity contribution is 5.79. The smallest absolute Gasteiger partial charge is 0.317 e. The van der Waals surface area contributed by atoms with Crippen LogP contribution in [0.4, 0.5) is 10.7 Å². The topological polar surface area (TPSA) is 115 Å². The van der Waals surface area contributed by atoms with Crippen LogP contribution in [0.1, 0.15) is 25.0 Å². The molecule has 1 saturated heterocycles. The van der Waals surface area contributed by atoms with Gasteiger partial charge in [-0.15, -0.1) is 0 Å². The van der Waals surface area contributed by atoms with Crippen LogP contribution in [0, 0.1) is 18.3 Å². The van der Waals surface area contributed by atoms with Crippen LogP contribution >= 0.6 is 0 Å². The number of allylic oxidation sites excluding steroid dienone is 1. The number of benzene rings is 1. The predicted octanol–water partition coefficient (Wildman–Crippen LogP) is 3.14. The van der Waals surface area contributed by atoms with E-state index in [9.17, 15) is 4.79 Å². The van der Waals surface area contributed by atoms with Gasteiger partial charge in [-0.25, -0.2) is 14.8 Å². The van der Waals surface area contributed by atoms with E-state index in [1.807, 2.05) is 30.0 Å². The van der Waals surface area contributed by atoms with Gasteiger partial charge in [0, 0.05) is 50.9 Å². The maximum absolute atomic E-state index is 12.6. The third kappa shape index (κ3) is 6.52. The Bertz CT molecular complexity index is 1010. The van der Waals surface area contributed by atoms with E-state index in [4.69, 9.17) is 10.1 Å². The average molecular weight is 452 g/mol. The summed E-state index contributed by atoms with van der Waals surface area (Å²) in [6.07, 6.45) is 4.62. The van der Waals surface area contributed by atoms with E-state index in [0.717, 1.165) is 22.4 Å². The molecule has 0 spiro atoms. The van der Waals surface area contributed by atoms with Crippen LogP contribution in [-0.2, 0) is 11.3 Å². The molecule has 0 bridgehead atoms. The third-order valence-corrected chi connectivity index (χ3v) is 5.56. The molecule has 0 aliphatic carbocycles. The fraction of sp³-hybridized carbons (Fsp3) is 0.417. The molecule has 1 unspecified atom stereocenters. The number of anilines is 1. The molecule has 1 atom stereocenters. The molecule has 9 heteroatoms. The summed E-state index contributed by atoms with van der Waals surface area (Å²) < 4.78 is 5.75. The number of hydrogen-bond donors (Lipinski definition) is 4. The second kappa shape index (κ2) is 11.4. The van der Waals surface area contributed by atoms with Crippen molar-refractivity contribution in [3.63, 3.8) is 0 Å². The number of carbonyl (C=O) groups excluding carboxylic acids is 1. The Kier molecular flexibility index (Phi) is 8.37. The molecular weight excluding hydrogens is 418 g/mol. The average Bonchev–Trinajstić information content (AvgIpc) is 2.83. The minimum atomic E-state index is -0.0597. The standard InChI is InChI=1S/C24H33N7O2/c1-16(2)22-15-31(9-10-33-22)24(32)28-13-19-6-5-18(11-17(19)3)21-7-8-27-23(30-21)29-20(12-25)14-26-4/h5-8,11-12,14,16,22,25-26H,9-10,13,15H2,1-4H3,(H,28,32)(H,27,29,30)/b20-14+,25-12?. The Morgan fingerprint density at radius 2 is 2.18 bits per heavy atom. The number of aryl methyl sites for hydroxylation is 1. The minimum Gasteiger partial charge on any atom is -0.392 e. The molecule has 1 aromatic carbocycles. The highest BCUT2D eigenvalue weighted by Crippen LogP contribution is 2.22. The molecule has 1 aliphatic heterocycles. The van der Waals surface area contributed by atoms with Crippen molar-refractivity contribution in [3.05, 3.63) is 53.5 Å². The Labute approximate surface area is 195 Å². The molecule has 9 nitrogen and oxygen atoms in total. The van der Waals surface area contributed by atoms with Gasteiger partial charge >= 0.3 is 6.03 Å². The van der Waals surface area contributed by atoms with Gasteiger partial charge in [-0.1, -0.05) is 26.0 Å². The Balaban J connectivity index is 1.64. The molecule has 2 aromatic rings. The SMILES string of the molecule is CN/C=C(\C=N)Nc1nccc(-c2ccc(CNC(=O)N3CCOC(C(C)C)C3)c(C)c2)n1. The zero-order valence-corrected chi connectivity index (χ0v) is 19.7. The maximum atomic E-state index is 12.6. The zero-order valence-electron chi connectivity index (χ0n) is 19.7. The van der Waals surface area contributed by atoms with Crippen molar-refractivity contribution in [3.8, 4) is 11.3 Å². The summed E-state index contributed by atoms with van der Waals surface area (Å²) in [6.45, 7) is 8.51. The summed E-state index contributed by atoms with van der Waals surface area (Å²) >= 11 is 0. The van der Waals surface area contributed by atoms with Gasteiger partial charge in [0.1, 0.15) is 0 Å². The number of morpholine rings is 1. The highest BCUT2D eigenvalue weighted by Gasteiger charge is 2.26. The van der Waals surface area contributed by atoms with Crippen LogP contribution in [0.2, 0.25) is 0 Å². The molecule has 33 heavy (non-hydrogen) atoms. The van der Waals surface area contributed by atoms with Gasteiger partial charge in [-0.3, -0.25) is 0 Å². The quantitative estimate of drug-likeness (QED) is 0.459. The first-order valence-corrected chi connectivity index (χ1v) is 11.1. The first kappa shape index (κ1) is 24.2. The van der Waals surface area contributed by atoms with Crippen molar-refractivity contribution in [2.45, 2.75) is 33.4 Å². The van der Waals surface area contributed by atoms with Crippen molar-refractivity contribution in [1.82, 2.24) is 25.5 Å². The van der Waals surface area contributed by atoms with Crippen LogP contribution in [0.5, 0.6) is 0 Å². The van der Waals surface area contributed by atoms with E-state index in [2.05, 4.69) is 45.8 Å². The van der Waals surface area contributed by atoms with E-state index in [1.54, 1.807) is 19.4 Å². The summed E-state index contributed by atoms with van der Waals surface area (Å²) in [7, 11) is 1.76. The van der Waals surface area contributed by atoms with Gasteiger partial charge in [0.05, 0.1) is 24.1 Å². The van der Waals surface area contributed by atoms with E-state index in [0.29, 0.717) is 43.8 Å². The van der Waals surface area contributed by atoms with Gasteiger partial charge in [0.25, 0.3) is 0 Å². The van der Waals surface area contributed by atoms with Crippen LogP contribution in [0.15, 0.2) is 42.4 Å². The lowest BCUT2D eigenvalue weighted by molar-refractivity contribution is -0.0371. The normalized spacial score (nSPS) is 16.5. The lowest BCUT2D eigenvalue weighted by Crippen LogP contribution is -2.50. The first-order chi connectivity index (χ1) is 15.9. The number of aromatic nitrogens is 2. The van der Waals surface area contributed by atoms with Crippen LogP contribution < -0.4 is 16.0 Å². The van der Waals surface area contributed by atoms with E-state index < -0.39 is 0 Å². The number of rotatable bonds is 8. The van der Waals surface area contributed by atoms with Crippen molar-refractivity contribution in [1.29, 1.82) is 5.41 Å². The van der Waals surface area contributed by atoms with Gasteiger partial charge in [-0.2, -0.15) is 0 Å². The van der Waals surface area contributed by atoms with Gasteiger partial charge < -0.3 is 31.0 Å². The number of nitrogens with one attached hydrogen (secondary N) is 4. The molecule has 176 valence electrons. The first-order valence-electron chi connectivity index (χ1n) is 11.1. The Morgan fingerprint density at radius 3 is 2.88 bits per heavy atom. The van der Waals surface area contributed by atoms with Crippen LogP contribution in [0.3, 0.4) is 0 Å². The van der Waals surface area contributed by atoms with Crippen LogP contribution in [-0.4, -0.2) is 60.0 Å². The molecule has 1 fully saturated rings. The largest absolute Gasteiger partial charge is 0.392 e. The molecule has 4 N–H and O–H groups in total. The number of amides is 2. The summed E-state index contributed by atoms with van der Waals surface area (Å²) in [5.41, 5.74) is 4.40. The Morgan fingerprint density at radius 1 is 1.36 bits per heavy atom. The molecule has 3 rings (SSSR count). The van der Waals surface area contributed by atoms with Crippen molar-refractivity contribution in [2.75, 3.05) is 32.1 Å². The van der Waals surface area contributed by atoms with E-state index in [1.165, 1.54) is 6.21 Å². The number of nitrogens with zero attached hydrogens (tertiary/aromatic N) is 3. The molecule has 1 aliphatic rings. The predicted molar refractivity (Wildman–Crippen MR) is 130 cm³/mol. The summed E-state index contributed by atoms with van der Waals surface area (Å²) in [5.74, 6) is 0.792. The van der Waals surface area contributed by atoms with Crippen molar-refractivity contribution in [2.24, 2.45) is 5.92 Å². The van der Waals surface area contributed by atoms with Crippen LogP contribution in [0.25, 0.3) is 11.3 Å². The number of hydrogen-bond acceptors (Lipinski definition) is 7. The fourth-order valence-electron chi connectivity index (χ4n) is 3.58. The minimum absolute atomic E-state index is 0.0597. The summed E-state index contributed by atoms with van der Waals surface area (Å²) in [4.78, 5) is 23.3. The second-order valence-electron chi connectivity index (χ2n) is 8.32. The van der Waals surface area contributed by atoms with E-state index in [-0.39, 0.29) is 12.1 Å². The van der Waals surface area contributed by atoms with Crippen molar-refractivity contribution >= 4 is 18.2 Å². The van der Waals surface area contributed by atoms with E-state index >= 15 is 0 Å². The maximum Gasteiger partial charge on any atom is 0.317 e. The monoisotopic (exact) mass is 451 g/mol. The second-order valence-corrected chi connectivity index (χ2v) is 8.32. The summed E-state index contributed by atoms with van der Waals surface area (Å²) in [5, 5.41) is 16.4. The number of urea groups is 1. The van der Waals surface area contributed by atoms with Crippen molar-refractivity contribution < 1.29 is 9.53 Å². The number of ether oxygens (including phenoxy) is 1. The molecule has 2 heterocycles. The van der Waals surface area contributed by atoms with Gasteiger partial charge in [0.2, 0.25) is 5.95 Å². The third-order valence-electron chi connectivity index (χ3n) is 5.56. The summed E-state index contributed by atoms with van der Waals surface area (Å²) in [6, 6.07) is 7.84. The lowest BCUT2D eigenvalue weighted by Gasteiger charge is -2.34. The van der Waals surface area contributed by atoms with Gasteiger partial charge in [0.15, 0.2) is 0 Å². The number of carbonyl (C=O) groups is 1. The molecule has 2 amide bonds. The lowest BCUT2D eigenvalue weighted by atomic mass is 10.0. The zero-order chi connectivity index (χ0) is 23.8. The molecule has 1 aromatic heterocycles. The molecule has 0 radical (unpaired) electrons. The molecular formula is C24H33N7O2. The molecule has 0 saturated carbocycles. The van der Waals surface area contributed by atoms with Gasteiger partial charge in [-0.05, 0) is 36.1 Å². The fourth-order valence-corrected chi connectivity index (χ4v) is 3.58. The highest BCUT2D eigenvalue weighted by atomic mass is 16.5. The Hall–Kier alpha value is -3.46.